The van der Waals surface area contributed by atoms with Gasteiger partial charge in [0.15, 0.2) is 0 Å². The van der Waals surface area contributed by atoms with Gasteiger partial charge in [-0.2, -0.15) is 0 Å². The third-order valence-corrected chi connectivity index (χ3v) is 14.5. The van der Waals surface area contributed by atoms with Crippen LogP contribution in [-0.2, 0) is 11.8 Å². The lowest BCUT2D eigenvalue weighted by Gasteiger charge is -2.34. The molecule has 0 unspecified atom stereocenters. The normalized spacial score (nSPS) is 12.6. The monoisotopic (exact) mass is 886 g/mol. The highest BCUT2D eigenvalue weighted by Gasteiger charge is 2.47. The molecular formula is C65H58OS. The third kappa shape index (κ3) is 8.11. The zero-order valence-corrected chi connectivity index (χ0v) is 40.4. The predicted molar refractivity (Wildman–Crippen MR) is 292 cm³/mol. The van der Waals surface area contributed by atoms with Crippen LogP contribution in [0.4, 0.5) is 0 Å². The van der Waals surface area contributed by atoms with E-state index in [1.54, 1.807) is 0 Å². The van der Waals surface area contributed by atoms with Gasteiger partial charge in [-0.15, -0.1) is 11.3 Å². The number of thiophene rings is 1. The Morgan fingerprint density at radius 1 is 0.582 bits per heavy atom. The molecule has 0 radical (unpaired) electrons. The molecule has 0 saturated carbocycles. The minimum Gasteiger partial charge on any atom is -0.460 e. The van der Waals surface area contributed by atoms with Gasteiger partial charge in [0.05, 0.1) is 5.41 Å². The summed E-state index contributed by atoms with van der Waals surface area (Å²) < 4.78 is 8.56. The van der Waals surface area contributed by atoms with Gasteiger partial charge in [0.25, 0.3) is 0 Å². The van der Waals surface area contributed by atoms with E-state index in [9.17, 15) is 0 Å². The number of aryl methyl sites for hydroxylation is 3. The van der Waals surface area contributed by atoms with E-state index in [2.05, 4.69) is 212 Å². The number of allylic oxidation sites excluding steroid dienone is 2. The minimum absolute atomic E-state index is 0.482. The second kappa shape index (κ2) is 19.3. The molecule has 0 fully saturated rings. The average Bonchev–Trinajstić information content (AvgIpc) is 4.02. The van der Waals surface area contributed by atoms with Crippen LogP contribution in [0.15, 0.2) is 206 Å². The zero-order valence-electron chi connectivity index (χ0n) is 39.6. The molecule has 2 aromatic heterocycles. The smallest absolute Gasteiger partial charge is 0.134 e. The van der Waals surface area contributed by atoms with Crippen LogP contribution in [-0.4, -0.2) is 0 Å². The lowest BCUT2D eigenvalue weighted by molar-refractivity contribution is 0.554. The second-order valence-corrected chi connectivity index (χ2v) is 18.8. The Bertz CT molecular complexity index is 3380. The fourth-order valence-electron chi connectivity index (χ4n) is 10.3. The Labute approximate surface area is 401 Å². The number of rotatable bonds is 8. The van der Waals surface area contributed by atoms with Gasteiger partial charge in [0.1, 0.15) is 11.3 Å². The van der Waals surface area contributed by atoms with Crippen molar-refractivity contribution in [3.05, 3.63) is 257 Å². The van der Waals surface area contributed by atoms with Crippen LogP contribution in [0.3, 0.4) is 0 Å². The maximum atomic E-state index is 5.94. The number of benzene rings is 8. The average molecular weight is 887 g/mol. The van der Waals surface area contributed by atoms with Crippen LogP contribution >= 0.6 is 11.3 Å². The first-order valence-corrected chi connectivity index (χ1v) is 24.3. The minimum atomic E-state index is -0.482. The molecule has 67 heavy (non-hydrogen) atoms. The molecule has 0 saturated heterocycles. The number of fused-ring (bicyclic) bond motifs is 7. The topological polar surface area (TPSA) is 13.1 Å². The SMILES string of the molecule is C/C=C(\c1c(CC)oc2ccccc12)C(C)C.C=Cc1c(-c2ccc3sc4ccccc4c3c2)cc2c(c1C=C)-c1ccc(C)cc1C2(c1ccccc1)c1ccccc1.Cc1ccccc1. The summed E-state index contributed by atoms with van der Waals surface area (Å²) in [5.74, 6) is 1.62. The van der Waals surface area contributed by atoms with Gasteiger partial charge in [-0.1, -0.05) is 215 Å². The largest absolute Gasteiger partial charge is 0.460 e. The second-order valence-electron chi connectivity index (χ2n) is 17.7. The van der Waals surface area contributed by atoms with E-state index in [0.29, 0.717) is 5.92 Å². The van der Waals surface area contributed by atoms with Crippen molar-refractivity contribution >= 4 is 60.2 Å². The maximum Gasteiger partial charge on any atom is 0.134 e. The molecule has 0 bridgehead atoms. The molecule has 0 N–H and O–H groups in total. The Morgan fingerprint density at radius 2 is 1.18 bits per heavy atom. The number of furan rings is 1. The molecular weight excluding hydrogens is 829 g/mol. The summed E-state index contributed by atoms with van der Waals surface area (Å²) in [4.78, 5) is 0. The molecule has 10 aromatic rings. The molecule has 2 heterocycles. The number of hydrogen-bond acceptors (Lipinski definition) is 2. The first-order chi connectivity index (χ1) is 32.7. The Morgan fingerprint density at radius 3 is 1.78 bits per heavy atom. The first-order valence-electron chi connectivity index (χ1n) is 23.5. The summed E-state index contributed by atoms with van der Waals surface area (Å²) >= 11 is 1.85. The van der Waals surface area contributed by atoms with Crippen molar-refractivity contribution in [2.45, 2.75) is 53.4 Å². The first kappa shape index (κ1) is 44.9. The van der Waals surface area contributed by atoms with E-state index in [0.717, 1.165) is 28.9 Å². The van der Waals surface area contributed by atoms with E-state index in [1.165, 1.54) is 92.3 Å². The van der Waals surface area contributed by atoms with Gasteiger partial charge >= 0.3 is 0 Å². The van der Waals surface area contributed by atoms with Crippen molar-refractivity contribution < 1.29 is 4.42 Å². The van der Waals surface area contributed by atoms with Crippen molar-refractivity contribution in [1.29, 1.82) is 0 Å². The Balaban J connectivity index is 0.000000192. The fourth-order valence-corrected chi connectivity index (χ4v) is 11.4. The van der Waals surface area contributed by atoms with Crippen LogP contribution in [0.2, 0.25) is 0 Å². The molecule has 1 nitrogen and oxygen atoms in total. The quantitative estimate of drug-likeness (QED) is 0.148. The van der Waals surface area contributed by atoms with E-state index in [-0.39, 0.29) is 0 Å². The van der Waals surface area contributed by atoms with Crippen LogP contribution in [0, 0.1) is 19.8 Å². The highest BCUT2D eigenvalue weighted by molar-refractivity contribution is 7.25. The molecule has 1 aliphatic rings. The molecule has 0 spiro atoms. The molecule has 0 aliphatic heterocycles. The molecule has 0 atom stereocenters. The summed E-state index contributed by atoms with van der Waals surface area (Å²) in [6.07, 6.45) is 7.20. The summed E-state index contributed by atoms with van der Waals surface area (Å²) in [6, 6.07) is 65.6. The van der Waals surface area contributed by atoms with Crippen LogP contribution in [0.25, 0.3) is 71.1 Å². The molecule has 8 aromatic carbocycles. The van der Waals surface area contributed by atoms with Crippen molar-refractivity contribution in [2.24, 2.45) is 5.92 Å². The van der Waals surface area contributed by atoms with E-state index in [4.69, 9.17) is 4.42 Å². The van der Waals surface area contributed by atoms with Crippen molar-refractivity contribution in [1.82, 2.24) is 0 Å². The number of para-hydroxylation sites is 1. The molecule has 1 aliphatic carbocycles. The Hall–Kier alpha value is -7.26. The van der Waals surface area contributed by atoms with Gasteiger partial charge < -0.3 is 4.42 Å². The highest BCUT2D eigenvalue weighted by atomic mass is 32.1. The van der Waals surface area contributed by atoms with E-state index < -0.39 is 5.41 Å². The predicted octanol–water partition coefficient (Wildman–Crippen LogP) is 18.7. The molecule has 11 rings (SSSR count). The maximum absolute atomic E-state index is 5.94. The standard InChI is InChI=1S/C42H30S.C16H20O.C7H8/c1-4-31-32(5-2)41-34-22-20-27(3)24-37(34)42(29-14-8-6-9-15-29,30-16-10-7-11-17-30)38(41)26-35(31)28-21-23-40-36(25-28)33-18-12-13-19-39(33)43-40;1-5-12(11(3)4)16-13-9-7-8-10-15(13)17-14(16)6-2;1-7-5-3-2-4-6-7/h4-26H,1-2H2,3H3;5,7-11H,6H2,1-4H3;2-6H,1H3/b;12-5-;. The lowest BCUT2D eigenvalue weighted by atomic mass is 9.67. The van der Waals surface area contributed by atoms with Gasteiger partial charge in [-0.3, -0.25) is 0 Å². The molecule has 330 valence electrons. The summed E-state index contributed by atoms with van der Waals surface area (Å²) in [7, 11) is 0. The number of hydrogen-bond donors (Lipinski definition) is 0. The summed E-state index contributed by atoms with van der Waals surface area (Å²) in [6.45, 7) is 21.7. The summed E-state index contributed by atoms with van der Waals surface area (Å²) in [5, 5.41) is 3.84. The van der Waals surface area contributed by atoms with Gasteiger partial charge in [-0.05, 0) is 118 Å². The van der Waals surface area contributed by atoms with Gasteiger partial charge in [-0.25, -0.2) is 0 Å². The fraction of sp³-hybridized carbons (Fsp3) is 0.138. The van der Waals surface area contributed by atoms with Crippen molar-refractivity contribution in [2.75, 3.05) is 0 Å². The van der Waals surface area contributed by atoms with Crippen molar-refractivity contribution in [3.63, 3.8) is 0 Å². The Kier molecular flexibility index (Phi) is 12.9. The van der Waals surface area contributed by atoms with E-state index >= 15 is 0 Å². The molecule has 0 amide bonds. The zero-order chi connectivity index (χ0) is 46.7. The molecule has 2 heteroatoms. The van der Waals surface area contributed by atoms with Crippen LogP contribution < -0.4 is 0 Å². The van der Waals surface area contributed by atoms with Gasteiger partial charge in [0, 0.05) is 37.5 Å². The summed E-state index contributed by atoms with van der Waals surface area (Å²) in [5.41, 5.74) is 18.0. The van der Waals surface area contributed by atoms with Crippen LogP contribution in [0.1, 0.15) is 83.5 Å². The highest BCUT2D eigenvalue weighted by Crippen LogP contribution is 2.59. The third-order valence-electron chi connectivity index (χ3n) is 13.3. The van der Waals surface area contributed by atoms with Crippen molar-refractivity contribution in [3.8, 4) is 22.3 Å². The van der Waals surface area contributed by atoms with Gasteiger partial charge in [0.2, 0.25) is 0 Å². The van der Waals surface area contributed by atoms with E-state index in [1.807, 2.05) is 53.8 Å². The lowest BCUT2D eigenvalue weighted by Crippen LogP contribution is -2.28. The van der Waals surface area contributed by atoms with Crippen LogP contribution in [0.5, 0.6) is 0 Å².